The zero-order chi connectivity index (χ0) is 28.0. The number of halogens is 1. The number of thioether (sulfide) groups is 1. The Bertz CT molecular complexity index is 1820. The van der Waals surface area contributed by atoms with E-state index in [0.29, 0.717) is 35.8 Å². The van der Waals surface area contributed by atoms with Gasteiger partial charge in [0.15, 0.2) is 10.1 Å². The van der Waals surface area contributed by atoms with Crippen molar-refractivity contribution in [3.8, 4) is 0 Å². The van der Waals surface area contributed by atoms with Gasteiger partial charge in [-0.15, -0.1) is 21.5 Å². The highest BCUT2D eigenvalue weighted by Gasteiger charge is 2.47. The number of thiazole rings is 1. The number of rotatable bonds is 7. The molecule has 1 unspecified atom stereocenters. The van der Waals surface area contributed by atoms with E-state index in [-0.39, 0.29) is 5.57 Å². The Kier molecular flexibility index (Phi) is 7.30. The minimum Gasteiger partial charge on any atom is -0.503 e. The molecule has 1 N–H and O–H groups in total. The van der Waals surface area contributed by atoms with Crippen molar-refractivity contribution in [1.29, 1.82) is 0 Å². The van der Waals surface area contributed by atoms with E-state index >= 15 is 0 Å². The number of hydrogen-bond acceptors (Lipinski definition) is 9. The Balaban J connectivity index is 1.35. The lowest BCUT2D eigenvalue weighted by Gasteiger charge is -2.24. The molecule has 0 fully saturated rings. The van der Waals surface area contributed by atoms with Crippen LogP contribution in [0.5, 0.6) is 0 Å². The average molecular weight is 650 g/mol. The first kappa shape index (κ1) is 26.8. The highest BCUT2D eigenvalue weighted by molar-refractivity contribution is 9.10. The molecule has 5 aromatic rings. The van der Waals surface area contributed by atoms with Crippen LogP contribution >= 0.6 is 50.4 Å². The Labute approximate surface area is 250 Å². The van der Waals surface area contributed by atoms with Crippen molar-refractivity contribution in [3.05, 3.63) is 109 Å². The first-order chi connectivity index (χ1) is 19.3. The molecule has 0 aliphatic carbocycles. The fourth-order valence-corrected chi connectivity index (χ4v) is 8.05. The number of Topliss-reactive ketones (excluding diaryl/α,β-unsaturated/α-hetero) is 1. The van der Waals surface area contributed by atoms with Crippen molar-refractivity contribution < 1.29 is 14.7 Å². The second kappa shape index (κ2) is 10.9. The molecule has 3 aromatic carbocycles. The first-order valence-corrected chi connectivity index (χ1v) is 15.7. The molecule has 0 bridgehead atoms. The molecule has 2 aromatic heterocycles. The number of fused-ring (bicyclic) bond motifs is 1. The molecule has 1 atom stereocenters. The molecule has 7 nitrogen and oxygen atoms in total. The predicted octanol–water partition coefficient (Wildman–Crippen LogP) is 7.60. The van der Waals surface area contributed by atoms with Crippen LogP contribution in [0.1, 0.15) is 37.5 Å². The molecular formula is C29H21BrN4O3S3. The van der Waals surface area contributed by atoms with Gasteiger partial charge in [-0.3, -0.25) is 14.5 Å². The Morgan fingerprint density at radius 1 is 1.02 bits per heavy atom. The molecule has 1 amide bonds. The fraction of sp³-hybridized carbons (Fsp3) is 0.138. The molecule has 0 saturated carbocycles. The van der Waals surface area contributed by atoms with Crippen molar-refractivity contribution in [2.45, 2.75) is 30.0 Å². The van der Waals surface area contributed by atoms with Gasteiger partial charge in [0.25, 0.3) is 5.91 Å². The van der Waals surface area contributed by atoms with Crippen LogP contribution in [-0.4, -0.2) is 32.0 Å². The van der Waals surface area contributed by atoms with E-state index in [4.69, 9.17) is 0 Å². The second-order valence-corrected chi connectivity index (χ2v) is 13.4. The minimum atomic E-state index is -0.888. The molecule has 11 heteroatoms. The summed E-state index contributed by atoms with van der Waals surface area (Å²) in [6, 6.07) is 20.9. The number of aromatic nitrogens is 3. The quantitative estimate of drug-likeness (QED) is 0.110. The van der Waals surface area contributed by atoms with Gasteiger partial charge in [0, 0.05) is 10.2 Å². The molecule has 1 aliphatic heterocycles. The van der Waals surface area contributed by atoms with Crippen LogP contribution in [0.3, 0.4) is 0 Å². The van der Waals surface area contributed by atoms with E-state index < -0.39 is 23.5 Å². The van der Waals surface area contributed by atoms with Crippen molar-refractivity contribution in [1.82, 2.24) is 15.2 Å². The topological polar surface area (TPSA) is 96.3 Å². The van der Waals surface area contributed by atoms with Gasteiger partial charge in [0.1, 0.15) is 0 Å². The number of aliphatic hydroxyl groups excluding tert-OH is 1. The van der Waals surface area contributed by atoms with Crippen LogP contribution in [0.4, 0.5) is 5.13 Å². The summed E-state index contributed by atoms with van der Waals surface area (Å²) in [6.45, 7) is 3.57. The maximum Gasteiger partial charge on any atom is 0.296 e. The smallest absolute Gasteiger partial charge is 0.296 e. The van der Waals surface area contributed by atoms with Gasteiger partial charge in [-0.25, -0.2) is 4.98 Å². The van der Waals surface area contributed by atoms with Crippen molar-refractivity contribution in [2.75, 3.05) is 4.90 Å². The Hall–Kier alpha value is -3.38. The number of aryl methyl sites for hydroxylation is 2. The van der Waals surface area contributed by atoms with Crippen LogP contribution in [0, 0.1) is 13.8 Å². The molecule has 6 rings (SSSR count). The molecule has 0 saturated heterocycles. The lowest BCUT2D eigenvalue weighted by atomic mass is 9.95. The number of carbonyl (C=O) groups is 2. The zero-order valence-electron chi connectivity index (χ0n) is 21.3. The van der Waals surface area contributed by atoms with Gasteiger partial charge in [-0.1, -0.05) is 99.7 Å². The summed E-state index contributed by atoms with van der Waals surface area (Å²) in [5.41, 5.74) is 2.39. The van der Waals surface area contributed by atoms with E-state index in [0.717, 1.165) is 5.01 Å². The minimum absolute atomic E-state index is 0.00353. The molecule has 1 aliphatic rings. The monoisotopic (exact) mass is 648 g/mol. The van der Waals surface area contributed by atoms with Crippen LogP contribution < -0.4 is 4.90 Å². The number of carbonyl (C=O) groups excluding carboxylic acids is 2. The van der Waals surface area contributed by atoms with Gasteiger partial charge in [0.05, 0.1) is 27.2 Å². The first-order valence-electron chi connectivity index (χ1n) is 12.3. The summed E-state index contributed by atoms with van der Waals surface area (Å²) in [5, 5.41) is 23.1. The van der Waals surface area contributed by atoms with Gasteiger partial charge in [-0.05, 0) is 41.8 Å². The summed E-state index contributed by atoms with van der Waals surface area (Å²) in [4.78, 5) is 33.5. The Morgan fingerprint density at radius 2 is 1.77 bits per heavy atom. The van der Waals surface area contributed by atoms with Gasteiger partial charge < -0.3 is 5.11 Å². The molecule has 3 heterocycles. The number of amides is 1. The zero-order valence-corrected chi connectivity index (χ0v) is 25.3. The third kappa shape index (κ3) is 4.77. The van der Waals surface area contributed by atoms with Crippen molar-refractivity contribution in [3.63, 3.8) is 0 Å². The molecule has 0 radical (unpaired) electrons. The highest BCUT2D eigenvalue weighted by Crippen LogP contribution is 2.46. The van der Waals surface area contributed by atoms with Gasteiger partial charge in [-0.2, -0.15) is 0 Å². The third-order valence-electron chi connectivity index (χ3n) is 6.60. The number of aliphatic hydroxyl groups is 1. The summed E-state index contributed by atoms with van der Waals surface area (Å²) >= 11 is 7.60. The lowest BCUT2D eigenvalue weighted by molar-refractivity contribution is -0.117. The number of hydrogen-bond donors (Lipinski definition) is 1. The van der Waals surface area contributed by atoms with Crippen molar-refractivity contribution >= 4 is 78.0 Å². The van der Waals surface area contributed by atoms with E-state index in [1.165, 1.54) is 55.7 Å². The number of anilines is 1. The number of benzene rings is 3. The fourth-order valence-electron chi connectivity index (χ4n) is 4.81. The normalized spacial score (nSPS) is 15.4. The number of nitrogens with zero attached hydrogens (tertiary/aromatic N) is 4. The van der Waals surface area contributed by atoms with Crippen LogP contribution in [-0.2, 0) is 10.5 Å². The second-order valence-electron chi connectivity index (χ2n) is 9.12. The standard InChI is InChI=1S/C29H21BrN4O3S3/c1-15-26(39-16(2)31-15)24(35)22-23(20-12-5-6-13-21(20)30)34(27(37)25(22)36)28-32-33-29(40-28)38-14-18-10-7-9-17-8-3-4-11-19(17)18/h3-13,23,36H,14H2,1-2H3. The summed E-state index contributed by atoms with van der Waals surface area (Å²) in [5.74, 6) is -1.03. The van der Waals surface area contributed by atoms with Gasteiger partial charge >= 0.3 is 0 Å². The van der Waals surface area contributed by atoms with E-state index in [9.17, 15) is 14.7 Å². The molecule has 200 valence electrons. The Morgan fingerprint density at radius 3 is 2.55 bits per heavy atom. The SMILES string of the molecule is Cc1nc(C)c(C(=O)C2=C(O)C(=O)N(c3nnc(SCc4cccc5ccccc45)s3)C2c2ccccc2Br)s1. The van der Waals surface area contributed by atoms with Crippen LogP contribution in [0.2, 0.25) is 0 Å². The summed E-state index contributed by atoms with van der Waals surface area (Å²) in [7, 11) is 0. The predicted molar refractivity (Wildman–Crippen MR) is 163 cm³/mol. The van der Waals surface area contributed by atoms with E-state index in [1.807, 2.05) is 49.4 Å². The van der Waals surface area contributed by atoms with E-state index in [2.05, 4.69) is 55.4 Å². The third-order valence-corrected chi connectivity index (χ3v) is 10.5. The highest BCUT2D eigenvalue weighted by atomic mass is 79.9. The number of ketones is 1. The van der Waals surface area contributed by atoms with E-state index in [1.54, 1.807) is 6.92 Å². The maximum absolute atomic E-state index is 13.8. The molecule has 0 spiro atoms. The average Bonchev–Trinajstić information content (AvgIpc) is 3.63. The largest absolute Gasteiger partial charge is 0.503 e. The van der Waals surface area contributed by atoms with Crippen LogP contribution in [0.15, 0.2) is 86.9 Å². The molecular weight excluding hydrogens is 628 g/mol. The van der Waals surface area contributed by atoms with Crippen molar-refractivity contribution in [2.24, 2.45) is 0 Å². The maximum atomic E-state index is 13.8. The van der Waals surface area contributed by atoms with Gasteiger partial charge in [0.2, 0.25) is 10.9 Å². The summed E-state index contributed by atoms with van der Waals surface area (Å²) in [6.07, 6.45) is 0. The van der Waals surface area contributed by atoms with Crippen LogP contribution in [0.25, 0.3) is 10.8 Å². The lowest BCUT2D eigenvalue weighted by Crippen LogP contribution is -2.31. The summed E-state index contributed by atoms with van der Waals surface area (Å²) < 4.78 is 1.37. The molecule has 40 heavy (non-hydrogen) atoms.